The van der Waals surface area contributed by atoms with Gasteiger partial charge >= 0.3 is 0 Å². The lowest BCUT2D eigenvalue weighted by molar-refractivity contribution is 0.0532. The first-order valence-corrected chi connectivity index (χ1v) is 12.1. The molecule has 3 aromatic heterocycles. The number of fused-ring (bicyclic) bond motifs is 2. The Kier molecular flexibility index (Phi) is 5.61. The van der Waals surface area contributed by atoms with Crippen molar-refractivity contribution in [3.8, 4) is 11.4 Å². The van der Waals surface area contributed by atoms with E-state index in [4.69, 9.17) is 9.72 Å². The van der Waals surface area contributed by atoms with Gasteiger partial charge in [-0.05, 0) is 44.2 Å². The molecule has 0 aliphatic carbocycles. The van der Waals surface area contributed by atoms with Crippen LogP contribution in [0.25, 0.3) is 33.3 Å². The predicted molar refractivity (Wildman–Crippen MR) is 141 cm³/mol. The van der Waals surface area contributed by atoms with E-state index in [9.17, 15) is 4.79 Å². The minimum absolute atomic E-state index is 0.187. The van der Waals surface area contributed by atoms with Crippen LogP contribution in [-0.4, -0.2) is 50.7 Å². The van der Waals surface area contributed by atoms with Crippen LogP contribution in [0.4, 0.5) is 11.4 Å². The van der Waals surface area contributed by atoms with Gasteiger partial charge in [0.15, 0.2) is 0 Å². The van der Waals surface area contributed by atoms with Gasteiger partial charge in [0.25, 0.3) is 5.56 Å². The highest BCUT2D eigenvalue weighted by Gasteiger charge is 2.22. The molecule has 182 valence electrons. The summed E-state index contributed by atoms with van der Waals surface area (Å²) in [6, 6.07) is 15.4. The molecular formula is C27H27N7O2. The second kappa shape index (κ2) is 9.09. The van der Waals surface area contributed by atoms with Crippen LogP contribution in [0.2, 0.25) is 0 Å². The zero-order valence-corrected chi connectivity index (χ0v) is 20.2. The van der Waals surface area contributed by atoms with Gasteiger partial charge < -0.3 is 24.9 Å². The van der Waals surface area contributed by atoms with E-state index in [-0.39, 0.29) is 17.7 Å². The SMILES string of the molecule is C[C@@H]1CN(c2ccc3nc(-c4c(N[C@H](C)c5ncccn5)c5ccccc5[nH]c4=O)[nH]c3c2)CCO1. The Hall–Kier alpha value is -4.24. The Bertz CT molecular complexity index is 1590. The third kappa shape index (κ3) is 4.07. The highest BCUT2D eigenvalue weighted by molar-refractivity contribution is 5.99. The van der Waals surface area contributed by atoms with Crippen LogP contribution >= 0.6 is 0 Å². The summed E-state index contributed by atoms with van der Waals surface area (Å²) in [5.41, 5.74) is 4.44. The average Bonchev–Trinajstić information content (AvgIpc) is 3.32. The number of imidazole rings is 1. The van der Waals surface area contributed by atoms with E-state index in [1.807, 2.05) is 37.3 Å². The molecule has 4 heterocycles. The van der Waals surface area contributed by atoms with Gasteiger partial charge in [0.1, 0.15) is 17.2 Å². The van der Waals surface area contributed by atoms with Crippen molar-refractivity contribution in [3.63, 3.8) is 0 Å². The van der Waals surface area contributed by atoms with Crippen LogP contribution in [0.5, 0.6) is 0 Å². The number of para-hydroxylation sites is 1. The molecule has 2 atom stereocenters. The third-order valence-corrected chi connectivity index (χ3v) is 6.56. The fourth-order valence-electron chi connectivity index (χ4n) is 4.80. The first-order valence-electron chi connectivity index (χ1n) is 12.1. The average molecular weight is 482 g/mol. The van der Waals surface area contributed by atoms with Crippen molar-refractivity contribution >= 4 is 33.3 Å². The molecule has 1 aliphatic rings. The van der Waals surface area contributed by atoms with Crippen molar-refractivity contribution in [3.05, 3.63) is 77.1 Å². The number of ether oxygens (including phenoxy) is 1. The number of pyridine rings is 1. The second-order valence-electron chi connectivity index (χ2n) is 9.14. The molecule has 1 aliphatic heterocycles. The minimum Gasteiger partial charge on any atom is -0.375 e. The van der Waals surface area contributed by atoms with Crippen LogP contribution in [-0.2, 0) is 4.74 Å². The van der Waals surface area contributed by atoms with E-state index in [0.717, 1.165) is 40.7 Å². The largest absolute Gasteiger partial charge is 0.375 e. The fraction of sp³-hybridized carbons (Fsp3) is 0.259. The maximum absolute atomic E-state index is 13.4. The normalized spacial score (nSPS) is 16.9. The van der Waals surface area contributed by atoms with Crippen LogP contribution in [0.3, 0.4) is 0 Å². The number of anilines is 2. The number of H-pyrrole nitrogens is 2. The lowest BCUT2D eigenvalue weighted by Crippen LogP contribution is -2.41. The highest BCUT2D eigenvalue weighted by Crippen LogP contribution is 2.33. The summed E-state index contributed by atoms with van der Waals surface area (Å²) in [5.74, 6) is 1.15. The number of aromatic amines is 2. The molecule has 0 spiro atoms. The van der Waals surface area contributed by atoms with Crippen LogP contribution in [0.15, 0.2) is 65.7 Å². The van der Waals surface area contributed by atoms with Gasteiger partial charge in [0.05, 0.1) is 41.0 Å². The van der Waals surface area contributed by atoms with Gasteiger partial charge in [-0.15, -0.1) is 0 Å². The van der Waals surface area contributed by atoms with Crippen molar-refractivity contribution < 1.29 is 4.74 Å². The van der Waals surface area contributed by atoms with Crippen LogP contribution < -0.4 is 15.8 Å². The molecule has 9 heteroatoms. The molecule has 0 saturated carbocycles. The first kappa shape index (κ1) is 22.2. The molecular weight excluding hydrogens is 454 g/mol. The molecule has 36 heavy (non-hydrogen) atoms. The van der Waals surface area contributed by atoms with Gasteiger partial charge in [-0.1, -0.05) is 18.2 Å². The number of hydrogen-bond donors (Lipinski definition) is 3. The Balaban J connectivity index is 1.46. The van der Waals surface area contributed by atoms with E-state index in [2.05, 4.69) is 49.2 Å². The van der Waals surface area contributed by atoms with Gasteiger partial charge in [-0.25, -0.2) is 15.0 Å². The summed E-state index contributed by atoms with van der Waals surface area (Å²) in [4.78, 5) is 35.7. The summed E-state index contributed by atoms with van der Waals surface area (Å²) >= 11 is 0. The Morgan fingerprint density at radius 2 is 1.92 bits per heavy atom. The molecule has 2 aromatic carbocycles. The van der Waals surface area contributed by atoms with Crippen molar-refractivity contribution in [2.45, 2.75) is 26.0 Å². The maximum Gasteiger partial charge on any atom is 0.261 e. The Labute approximate surface area is 207 Å². The number of aromatic nitrogens is 5. The van der Waals surface area contributed by atoms with Gasteiger partial charge in [0.2, 0.25) is 0 Å². The lowest BCUT2D eigenvalue weighted by atomic mass is 10.1. The smallest absolute Gasteiger partial charge is 0.261 e. The summed E-state index contributed by atoms with van der Waals surface area (Å²) in [7, 11) is 0. The van der Waals surface area contributed by atoms with E-state index in [1.54, 1.807) is 18.5 Å². The van der Waals surface area contributed by atoms with E-state index in [0.29, 0.717) is 29.5 Å². The molecule has 1 saturated heterocycles. The molecule has 1 fully saturated rings. The monoisotopic (exact) mass is 481 g/mol. The quantitative estimate of drug-likeness (QED) is 0.344. The van der Waals surface area contributed by atoms with Crippen molar-refractivity contribution in [1.82, 2.24) is 24.9 Å². The third-order valence-electron chi connectivity index (χ3n) is 6.56. The number of nitrogens with one attached hydrogen (secondary N) is 3. The fourth-order valence-corrected chi connectivity index (χ4v) is 4.80. The molecule has 3 N–H and O–H groups in total. The second-order valence-corrected chi connectivity index (χ2v) is 9.14. The van der Waals surface area contributed by atoms with E-state index >= 15 is 0 Å². The van der Waals surface area contributed by atoms with Crippen molar-refractivity contribution in [1.29, 1.82) is 0 Å². The molecule has 0 unspecified atom stereocenters. The number of rotatable bonds is 5. The van der Waals surface area contributed by atoms with E-state index in [1.165, 1.54) is 0 Å². The summed E-state index contributed by atoms with van der Waals surface area (Å²) in [6.45, 7) is 6.45. The van der Waals surface area contributed by atoms with Crippen LogP contribution in [0, 0.1) is 0 Å². The standard InChI is InChI=1S/C27H27N7O2/c1-16-15-34(12-13-36-16)18-8-9-21-22(14-18)32-26(31-21)23-24(30-17(2)25-28-10-5-11-29-25)19-6-3-4-7-20(19)33-27(23)35/h3-11,14,16-17H,12-13,15H2,1-2H3,(H,31,32)(H2,30,33,35)/t16-,17-/m1/s1. The van der Waals surface area contributed by atoms with E-state index < -0.39 is 0 Å². The van der Waals surface area contributed by atoms with Crippen molar-refractivity contribution in [2.75, 3.05) is 29.9 Å². The van der Waals surface area contributed by atoms with Crippen LogP contribution in [0.1, 0.15) is 25.7 Å². The summed E-state index contributed by atoms with van der Waals surface area (Å²) in [5, 5.41) is 4.38. The molecule has 0 radical (unpaired) electrons. The van der Waals surface area contributed by atoms with Crippen molar-refractivity contribution in [2.24, 2.45) is 0 Å². The number of morpholine rings is 1. The molecule has 9 nitrogen and oxygen atoms in total. The predicted octanol–water partition coefficient (Wildman–Crippen LogP) is 4.26. The summed E-state index contributed by atoms with van der Waals surface area (Å²) < 4.78 is 5.69. The molecule has 0 bridgehead atoms. The maximum atomic E-state index is 13.4. The molecule has 6 rings (SSSR count). The number of benzene rings is 2. The number of hydrogen-bond acceptors (Lipinski definition) is 7. The van der Waals surface area contributed by atoms with Gasteiger partial charge in [-0.2, -0.15) is 0 Å². The van der Waals surface area contributed by atoms with Gasteiger partial charge in [-0.3, -0.25) is 4.79 Å². The Morgan fingerprint density at radius 3 is 2.75 bits per heavy atom. The molecule has 5 aromatic rings. The zero-order chi connectivity index (χ0) is 24.6. The topological polar surface area (TPSA) is 112 Å². The lowest BCUT2D eigenvalue weighted by Gasteiger charge is -2.32. The minimum atomic E-state index is -0.227. The first-order chi connectivity index (χ1) is 17.6. The zero-order valence-electron chi connectivity index (χ0n) is 20.2. The molecule has 0 amide bonds. The van der Waals surface area contributed by atoms with Gasteiger partial charge in [0, 0.05) is 36.6 Å². The Morgan fingerprint density at radius 1 is 1.08 bits per heavy atom. The highest BCUT2D eigenvalue weighted by atomic mass is 16.5. The number of nitrogens with zero attached hydrogens (tertiary/aromatic N) is 4. The summed E-state index contributed by atoms with van der Waals surface area (Å²) in [6.07, 6.45) is 3.61.